The van der Waals surface area contributed by atoms with Gasteiger partial charge in [-0.15, -0.1) is 0 Å². The monoisotopic (exact) mass is 564 g/mol. The lowest BCUT2D eigenvalue weighted by Gasteiger charge is -2.42. The number of hydrogen-bond donors (Lipinski definition) is 1. The Morgan fingerprint density at radius 3 is 2.15 bits per heavy atom. The SMILES string of the molecule is CC(C)(C)OC(=O)N[C@@H](CC(=O)N1CCOCC1)C(=O)N1CCN(Cc2ccccc2)C(=O)[C@@H]1Cc1ccccc1. The van der Waals surface area contributed by atoms with Crippen LogP contribution in [0.25, 0.3) is 0 Å². The molecule has 2 aliphatic heterocycles. The van der Waals surface area contributed by atoms with Gasteiger partial charge in [0.25, 0.3) is 0 Å². The molecular weight excluding hydrogens is 524 g/mol. The summed E-state index contributed by atoms with van der Waals surface area (Å²) in [6.45, 7) is 7.88. The first-order valence-electron chi connectivity index (χ1n) is 14.1. The first-order chi connectivity index (χ1) is 19.6. The van der Waals surface area contributed by atoms with E-state index in [1.165, 1.54) is 4.90 Å². The normalized spacial score (nSPS) is 18.6. The highest BCUT2D eigenvalue weighted by atomic mass is 16.6. The summed E-state index contributed by atoms with van der Waals surface area (Å²) in [6, 6.07) is 17.3. The van der Waals surface area contributed by atoms with Crippen LogP contribution in [-0.2, 0) is 36.8 Å². The zero-order chi connectivity index (χ0) is 29.4. The molecule has 1 N–H and O–H groups in total. The largest absolute Gasteiger partial charge is 0.444 e. The summed E-state index contributed by atoms with van der Waals surface area (Å²) in [5, 5.41) is 2.63. The average molecular weight is 565 g/mol. The summed E-state index contributed by atoms with van der Waals surface area (Å²) < 4.78 is 10.8. The molecule has 0 unspecified atom stereocenters. The molecule has 0 bridgehead atoms. The molecule has 2 atom stereocenters. The Labute approximate surface area is 241 Å². The van der Waals surface area contributed by atoms with Crippen molar-refractivity contribution in [1.29, 1.82) is 0 Å². The molecule has 220 valence electrons. The van der Waals surface area contributed by atoms with Crippen molar-refractivity contribution in [3.8, 4) is 0 Å². The van der Waals surface area contributed by atoms with Crippen molar-refractivity contribution in [2.75, 3.05) is 39.4 Å². The zero-order valence-corrected chi connectivity index (χ0v) is 24.1. The third kappa shape index (κ3) is 8.53. The third-order valence-corrected chi connectivity index (χ3v) is 7.09. The Kier molecular flexibility index (Phi) is 9.99. The van der Waals surface area contributed by atoms with Crippen molar-refractivity contribution in [2.24, 2.45) is 0 Å². The van der Waals surface area contributed by atoms with Crippen LogP contribution in [0.4, 0.5) is 4.79 Å². The van der Waals surface area contributed by atoms with Gasteiger partial charge in [0.05, 0.1) is 19.6 Å². The molecule has 4 amide bonds. The van der Waals surface area contributed by atoms with E-state index >= 15 is 0 Å². The molecule has 41 heavy (non-hydrogen) atoms. The van der Waals surface area contributed by atoms with Crippen molar-refractivity contribution >= 4 is 23.8 Å². The fourth-order valence-corrected chi connectivity index (χ4v) is 5.06. The molecule has 0 saturated carbocycles. The van der Waals surface area contributed by atoms with Crippen LogP contribution in [0.1, 0.15) is 38.3 Å². The van der Waals surface area contributed by atoms with E-state index in [-0.39, 0.29) is 24.8 Å². The molecule has 0 spiro atoms. The van der Waals surface area contributed by atoms with E-state index in [4.69, 9.17) is 9.47 Å². The molecule has 2 fully saturated rings. The minimum absolute atomic E-state index is 0.173. The number of ether oxygens (including phenoxy) is 2. The number of carbonyl (C=O) groups is 4. The summed E-state index contributed by atoms with van der Waals surface area (Å²) in [6.07, 6.45) is -0.721. The maximum absolute atomic E-state index is 14.1. The van der Waals surface area contributed by atoms with E-state index in [1.54, 1.807) is 30.6 Å². The first kappa shape index (κ1) is 30.0. The molecule has 2 aromatic rings. The topological polar surface area (TPSA) is 108 Å². The third-order valence-electron chi connectivity index (χ3n) is 7.09. The van der Waals surface area contributed by atoms with Gasteiger partial charge in [0, 0.05) is 39.1 Å². The summed E-state index contributed by atoms with van der Waals surface area (Å²) in [4.78, 5) is 58.9. The molecular formula is C31H40N4O6. The summed E-state index contributed by atoms with van der Waals surface area (Å²) in [5.41, 5.74) is 1.12. The Hall–Kier alpha value is -3.92. The van der Waals surface area contributed by atoms with Gasteiger partial charge in [-0.3, -0.25) is 14.4 Å². The van der Waals surface area contributed by atoms with Crippen LogP contribution in [-0.4, -0.2) is 95.6 Å². The van der Waals surface area contributed by atoms with Crippen LogP contribution in [0.15, 0.2) is 60.7 Å². The number of hydrogen-bond acceptors (Lipinski definition) is 6. The van der Waals surface area contributed by atoms with E-state index in [0.717, 1.165) is 11.1 Å². The molecule has 0 aliphatic carbocycles. The molecule has 2 saturated heterocycles. The molecule has 2 aliphatic rings. The molecule has 0 aromatic heterocycles. The van der Waals surface area contributed by atoms with Crippen LogP contribution in [0.3, 0.4) is 0 Å². The number of rotatable bonds is 8. The number of benzene rings is 2. The number of piperazine rings is 1. The number of morpholine rings is 1. The van der Waals surface area contributed by atoms with Crippen molar-refractivity contribution in [3.05, 3.63) is 71.8 Å². The van der Waals surface area contributed by atoms with Crippen LogP contribution in [0.5, 0.6) is 0 Å². The lowest BCUT2D eigenvalue weighted by molar-refractivity contribution is -0.154. The number of alkyl carbamates (subject to hydrolysis) is 1. The Morgan fingerprint density at radius 1 is 0.927 bits per heavy atom. The predicted molar refractivity (Wildman–Crippen MR) is 153 cm³/mol. The average Bonchev–Trinajstić information content (AvgIpc) is 2.95. The maximum Gasteiger partial charge on any atom is 0.408 e. The van der Waals surface area contributed by atoms with Gasteiger partial charge in [0.15, 0.2) is 0 Å². The van der Waals surface area contributed by atoms with Crippen molar-refractivity contribution < 1.29 is 28.7 Å². The minimum Gasteiger partial charge on any atom is -0.444 e. The molecule has 4 rings (SSSR count). The fraction of sp³-hybridized carbons (Fsp3) is 0.484. The van der Waals surface area contributed by atoms with Gasteiger partial charge in [-0.1, -0.05) is 60.7 Å². The van der Waals surface area contributed by atoms with Gasteiger partial charge >= 0.3 is 6.09 Å². The van der Waals surface area contributed by atoms with E-state index in [2.05, 4.69) is 5.32 Å². The fourth-order valence-electron chi connectivity index (χ4n) is 5.06. The smallest absolute Gasteiger partial charge is 0.408 e. The van der Waals surface area contributed by atoms with Gasteiger partial charge in [0.2, 0.25) is 17.7 Å². The molecule has 2 aromatic carbocycles. The lowest BCUT2D eigenvalue weighted by Crippen LogP contribution is -2.63. The van der Waals surface area contributed by atoms with Crippen LogP contribution in [0.2, 0.25) is 0 Å². The minimum atomic E-state index is -1.19. The maximum atomic E-state index is 14.1. The van der Waals surface area contributed by atoms with Gasteiger partial charge in [-0.05, 0) is 31.9 Å². The summed E-state index contributed by atoms with van der Waals surface area (Å²) >= 11 is 0. The van der Waals surface area contributed by atoms with Crippen LogP contribution < -0.4 is 5.32 Å². The van der Waals surface area contributed by atoms with Crippen LogP contribution in [0, 0.1) is 0 Å². The van der Waals surface area contributed by atoms with Crippen molar-refractivity contribution in [1.82, 2.24) is 20.0 Å². The number of carbonyl (C=O) groups excluding carboxylic acids is 4. The highest BCUT2D eigenvalue weighted by Crippen LogP contribution is 2.21. The van der Waals surface area contributed by atoms with Gasteiger partial charge in [-0.2, -0.15) is 0 Å². The predicted octanol–water partition coefficient (Wildman–Crippen LogP) is 2.61. The van der Waals surface area contributed by atoms with Gasteiger partial charge in [0.1, 0.15) is 17.7 Å². The van der Waals surface area contributed by atoms with Crippen LogP contribution >= 0.6 is 0 Å². The second-order valence-electron chi connectivity index (χ2n) is 11.4. The summed E-state index contributed by atoms with van der Waals surface area (Å²) in [7, 11) is 0. The molecule has 2 heterocycles. The Balaban J connectivity index is 1.58. The van der Waals surface area contributed by atoms with E-state index in [9.17, 15) is 19.2 Å². The number of amides is 4. The number of nitrogens with zero attached hydrogens (tertiary/aromatic N) is 3. The lowest BCUT2D eigenvalue weighted by atomic mass is 9.99. The second kappa shape index (κ2) is 13.6. The van der Waals surface area contributed by atoms with Crippen molar-refractivity contribution in [3.63, 3.8) is 0 Å². The Morgan fingerprint density at radius 2 is 1.54 bits per heavy atom. The second-order valence-corrected chi connectivity index (χ2v) is 11.4. The van der Waals surface area contributed by atoms with E-state index in [0.29, 0.717) is 45.8 Å². The molecule has 0 radical (unpaired) electrons. The molecule has 10 heteroatoms. The van der Waals surface area contributed by atoms with Crippen molar-refractivity contribution in [2.45, 2.75) is 57.8 Å². The standard InChI is InChI=1S/C31H40N4O6/c1-31(2,3)41-30(39)32-25(21-27(36)33-16-18-40-19-17-33)28(37)35-15-14-34(22-24-12-8-5-9-13-24)29(38)26(35)20-23-10-6-4-7-11-23/h4-13,25-26H,14-22H2,1-3H3,(H,32,39)/t25-,26-/m0/s1. The highest BCUT2D eigenvalue weighted by molar-refractivity contribution is 5.95. The van der Waals surface area contributed by atoms with Gasteiger partial charge < -0.3 is 29.5 Å². The quantitative estimate of drug-likeness (QED) is 0.528. The first-order valence-corrected chi connectivity index (χ1v) is 14.1. The zero-order valence-electron chi connectivity index (χ0n) is 24.1. The number of nitrogens with one attached hydrogen (secondary N) is 1. The highest BCUT2D eigenvalue weighted by Gasteiger charge is 2.41. The summed E-state index contributed by atoms with van der Waals surface area (Å²) in [5.74, 6) is -0.921. The molecule has 10 nitrogen and oxygen atoms in total. The Bertz CT molecular complexity index is 1190. The van der Waals surface area contributed by atoms with E-state index in [1.807, 2.05) is 60.7 Å². The van der Waals surface area contributed by atoms with E-state index < -0.39 is 29.7 Å². The van der Waals surface area contributed by atoms with Gasteiger partial charge in [-0.25, -0.2) is 4.79 Å².